The number of nitrogens with two attached hydrogens (primary N) is 1. The van der Waals surface area contributed by atoms with E-state index in [9.17, 15) is 0 Å². The van der Waals surface area contributed by atoms with Gasteiger partial charge in [0, 0.05) is 31.1 Å². The van der Waals surface area contributed by atoms with E-state index in [1.807, 2.05) is 11.3 Å². The summed E-state index contributed by atoms with van der Waals surface area (Å²) in [5.41, 5.74) is 8.84. The molecule has 2 aromatic rings. The van der Waals surface area contributed by atoms with E-state index >= 15 is 0 Å². The van der Waals surface area contributed by atoms with E-state index in [0.29, 0.717) is 5.95 Å². The van der Waals surface area contributed by atoms with Gasteiger partial charge in [-0.15, -0.1) is 11.3 Å². The van der Waals surface area contributed by atoms with E-state index in [0.717, 1.165) is 43.9 Å². The second-order valence-corrected chi connectivity index (χ2v) is 8.54. The standard InChI is InChI=1S/C17H25N5S/c1-17(2)6-4-5-11-12-13(23-14(11)17)15(20-16(18)19-12)22-9-7-21(3)8-10-22/h4-10H2,1-3H3,(H2,18,19,20). The van der Waals surface area contributed by atoms with Crippen molar-refractivity contribution in [2.45, 2.75) is 38.5 Å². The predicted octanol–water partition coefficient (Wildman–Crippen LogP) is 2.64. The Morgan fingerprint density at radius 1 is 1.13 bits per heavy atom. The van der Waals surface area contributed by atoms with E-state index in [1.165, 1.54) is 28.0 Å². The molecule has 5 nitrogen and oxygen atoms in total. The molecule has 0 saturated carbocycles. The summed E-state index contributed by atoms with van der Waals surface area (Å²) in [5.74, 6) is 1.46. The van der Waals surface area contributed by atoms with Gasteiger partial charge in [-0.25, -0.2) is 4.98 Å². The first kappa shape index (κ1) is 15.1. The van der Waals surface area contributed by atoms with Crippen LogP contribution in [0.5, 0.6) is 0 Å². The van der Waals surface area contributed by atoms with Crippen molar-refractivity contribution in [1.29, 1.82) is 0 Å². The highest BCUT2D eigenvalue weighted by Gasteiger charge is 2.33. The average molecular weight is 331 g/mol. The Morgan fingerprint density at radius 3 is 2.61 bits per heavy atom. The Hall–Kier alpha value is -1.40. The first-order valence-corrected chi connectivity index (χ1v) is 9.30. The third kappa shape index (κ3) is 2.48. The zero-order valence-electron chi connectivity index (χ0n) is 14.2. The Morgan fingerprint density at radius 2 is 1.87 bits per heavy atom. The number of nitrogen functional groups attached to an aromatic ring is 1. The summed E-state index contributed by atoms with van der Waals surface area (Å²) < 4.78 is 1.24. The van der Waals surface area contributed by atoms with Gasteiger partial charge in [-0.1, -0.05) is 13.8 Å². The van der Waals surface area contributed by atoms with Gasteiger partial charge in [0.1, 0.15) is 0 Å². The number of piperazine rings is 1. The van der Waals surface area contributed by atoms with Gasteiger partial charge in [0.2, 0.25) is 5.95 Å². The molecule has 4 rings (SSSR count). The lowest BCUT2D eigenvalue weighted by molar-refractivity contribution is 0.312. The van der Waals surface area contributed by atoms with E-state index in [1.54, 1.807) is 0 Å². The fourth-order valence-electron chi connectivity index (χ4n) is 3.86. The number of anilines is 2. The highest BCUT2D eigenvalue weighted by Crippen LogP contribution is 2.47. The van der Waals surface area contributed by atoms with Crippen LogP contribution < -0.4 is 10.6 Å². The molecule has 2 aromatic heterocycles. The Balaban J connectivity index is 1.87. The van der Waals surface area contributed by atoms with Crippen molar-refractivity contribution in [3.05, 3.63) is 10.4 Å². The first-order valence-electron chi connectivity index (χ1n) is 8.48. The Bertz CT molecular complexity index is 743. The Labute approximate surface area is 141 Å². The van der Waals surface area contributed by atoms with Crippen LogP contribution in [0.2, 0.25) is 0 Å². The van der Waals surface area contributed by atoms with E-state index in [4.69, 9.17) is 5.73 Å². The molecule has 0 spiro atoms. The molecule has 23 heavy (non-hydrogen) atoms. The third-order valence-corrected chi connectivity index (χ3v) is 6.86. The molecule has 124 valence electrons. The molecular formula is C17H25N5S. The van der Waals surface area contributed by atoms with Gasteiger partial charge in [-0.2, -0.15) is 4.98 Å². The summed E-state index contributed by atoms with van der Waals surface area (Å²) in [6.07, 6.45) is 3.61. The van der Waals surface area contributed by atoms with Crippen molar-refractivity contribution < 1.29 is 0 Å². The molecule has 1 fully saturated rings. The zero-order valence-corrected chi connectivity index (χ0v) is 15.0. The molecular weight excluding hydrogens is 306 g/mol. The van der Waals surface area contributed by atoms with Gasteiger partial charge >= 0.3 is 0 Å². The summed E-state index contributed by atoms with van der Waals surface area (Å²) in [7, 11) is 2.17. The fraction of sp³-hybridized carbons (Fsp3) is 0.647. The SMILES string of the molecule is CN1CCN(c2nc(N)nc3c4c(sc23)C(C)(C)CCC4)CC1. The quantitative estimate of drug-likeness (QED) is 0.870. The van der Waals surface area contributed by atoms with Gasteiger partial charge in [0.05, 0.1) is 10.2 Å². The topological polar surface area (TPSA) is 58.3 Å². The van der Waals surface area contributed by atoms with Crippen molar-refractivity contribution in [3.8, 4) is 0 Å². The molecule has 1 aliphatic carbocycles. The molecule has 0 radical (unpaired) electrons. The summed E-state index contributed by atoms with van der Waals surface area (Å²) in [6.45, 7) is 8.87. The number of aromatic nitrogens is 2. The van der Waals surface area contributed by atoms with Crippen LogP contribution in [0.15, 0.2) is 0 Å². The van der Waals surface area contributed by atoms with Crippen LogP contribution >= 0.6 is 11.3 Å². The molecule has 2 N–H and O–H groups in total. The molecule has 0 unspecified atom stereocenters. The number of rotatable bonds is 1. The van der Waals surface area contributed by atoms with E-state index in [2.05, 4.69) is 40.7 Å². The number of nitrogens with zero attached hydrogens (tertiary/aromatic N) is 4. The number of hydrogen-bond acceptors (Lipinski definition) is 6. The van der Waals surface area contributed by atoms with Crippen molar-refractivity contribution >= 4 is 33.3 Å². The summed E-state index contributed by atoms with van der Waals surface area (Å²) >= 11 is 1.90. The van der Waals surface area contributed by atoms with E-state index in [-0.39, 0.29) is 5.41 Å². The maximum absolute atomic E-state index is 6.06. The molecule has 2 aliphatic rings. The van der Waals surface area contributed by atoms with Crippen LogP contribution in [0.3, 0.4) is 0 Å². The molecule has 3 heterocycles. The summed E-state index contributed by atoms with van der Waals surface area (Å²) in [6, 6.07) is 0. The maximum atomic E-state index is 6.06. The van der Waals surface area contributed by atoms with Gasteiger partial charge in [0.25, 0.3) is 0 Å². The van der Waals surface area contributed by atoms with Gasteiger partial charge in [-0.05, 0) is 37.3 Å². The summed E-state index contributed by atoms with van der Waals surface area (Å²) in [5, 5.41) is 0. The summed E-state index contributed by atoms with van der Waals surface area (Å²) in [4.78, 5) is 15.5. The molecule has 0 amide bonds. The zero-order chi connectivity index (χ0) is 16.2. The van der Waals surface area contributed by atoms with E-state index < -0.39 is 0 Å². The van der Waals surface area contributed by atoms with Crippen molar-refractivity contribution in [2.24, 2.45) is 0 Å². The highest BCUT2D eigenvalue weighted by molar-refractivity contribution is 7.20. The smallest absolute Gasteiger partial charge is 0.222 e. The lowest BCUT2D eigenvalue weighted by atomic mass is 9.78. The fourth-order valence-corrected chi connectivity index (χ4v) is 5.29. The highest BCUT2D eigenvalue weighted by atomic mass is 32.1. The molecule has 6 heteroatoms. The minimum Gasteiger partial charge on any atom is -0.368 e. The van der Waals surface area contributed by atoms with Crippen LogP contribution in [-0.2, 0) is 11.8 Å². The van der Waals surface area contributed by atoms with Gasteiger partial charge in [-0.3, -0.25) is 0 Å². The molecule has 1 aliphatic heterocycles. The average Bonchev–Trinajstić information content (AvgIpc) is 2.87. The minimum atomic E-state index is 0.243. The first-order chi connectivity index (χ1) is 11.0. The van der Waals surface area contributed by atoms with Crippen LogP contribution in [0.25, 0.3) is 10.2 Å². The largest absolute Gasteiger partial charge is 0.368 e. The van der Waals surface area contributed by atoms with Crippen molar-refractivity contribution in [1.82, 2.24) is 14.9 Å². The number of hydrogen-bond donors (Lipinski definition) is 1. The maximum Gasteiger partial charge on any atom is 0.222 e. The van der Waals surface area contributed by atoms with Crippen LogP contribution in [0.4, 0.5) is 11.8 Å². The molecule has 1 saturated heterocycles. The Kier molecular flexibility index (Phi) is 3.50. The van der Waals surface area contributed by atoms with Crippen LogP contribution in [-0.4, -0.2) is 48.1 Å². The van der Waals surface area contributed by atoms with Gasteiger partial charge in [0.15, 0.2) is 5.82 Å². The lowest BCUT2D eigenvalue weighted by Crippen LogP contribution is -2.44. The number of fused-ring (bicyclic) bond motifs is 3. The monoisotopic (exact) mass is 331 g/mol. The second-order valence-electron chi connectivity index (χ2n) is 7.52. The normalized spacial score (nSPS) is 21.6. The predicted molar refractivity (Wildman–Crippen MR) is 97.5 cm³/mol. The molecule has 0 bridgehead atoms. The lowest BCUT2D eigenvalue weighted by Gasteiger charge is -2.33. The van der Waals surface area contributed by atoms with Crippen molar-refractivity contribution in [3.63, 3.8) is 0 Å². The third-order valence-electron chi connectivity index (χ3n) is 5.28. The van der Waals surface area contributed by atoms with Crippen LogP contribution in [0, 0.1) is 0 Å². The van der Waals surface area contributed by atoms with Crippen LogP contribution in [0.1, 0.15) is 37.1 Å². The van der Waals surface area contributed by atoms with Crippen molar-refractivity contribution in [2.75, 3.05) is 43.9 Å². The number of aryl methyl sites for hydroxylation is 1. The number of thiophene rings is 1. The van der Waals surface area contributed by atoms with Gasteiger partial charge < -0.3 is 15.5 Å². The number of likely N-dealkylation sites (N-methyl/N-ethyl adjacent to an activating group) is 1. The molecule has 0 aromatic carbocycles. The minimum absolute atomic E-state index is 0.243. The second kappa shape index (κ2) is 5.31. The molecule has 0 atom stereocenters.